The Hall–Kier alpha value is -3.25. The van der Waals surface area contributed by atoms with Crippen LogP contribution in [-0.2, 0) is 6.54 Å². The SMILES string of the molecule is COc1ccc(-n2cccc2CNC(=O)c2ccc3oc(Cl)nc3c2)cc1. The average Bonchev–Trinajstić information content (AvgIpc) is 3.30. The van der Waals surface area contributed by atoms with Crippen LogP contribution in [0.4, 0.5) is 0 Å². The number of nitrogens with one attached hydrogen (secondary N) is 1. The number of carbonyl (C=O) groups is 1. The number of ether oxygens (including phenoxy) is 1. The van der Waals surface area contributed by atoms with Crippen molar-refractivity contribution in [1.29, 1.82) is 0 Å². The Balaban J connectivity index is 1.49. The summed E-state index contributed by atoms with van der Waals surface area (Å²) in [6.45, 7) is 0.384. The molecule has 1 N–H and O–H groups in total. The van der Waals surface area contributed by atoms with Gasteiger partial charge in [-0.05, 0) is 66.2 Å². The number of fused-ring (bicyclic) bond motifs is 1. The van der Waals surface area contributed by atoms with Gasteiger partial charge in [-0.3, -0.25) is 4.79 Å². The summed E-state index contributed by atoms with van der Waals surface area (Å²) < 4.78 is 12.4. The van der Waals surface area contributed by atoms with Gasteiger partial charge in [-0.1, -0.05) is 0 Å². The number of halogens is 1. The highest BCUT2D eigenvalue weighted by molar-refractivity contribution is 6.28. The van der Waals surface area contributed by atoms with Crippen LogP contribution in [0.5, 0.6) is 5.75 Å². The average molecular weight is 382 g/mol. The third kappa shape index (κ3) is 3.52. The fraction of sp³-hybridized carbons (Fsp3) is 0.100. The highest BCUT2D eigenvalue weighted by Crippen LogP contribution is 2.20. The lowest BCUT2D eigenvalue weighted by atomic mass is 10.2. The summed E-state index contributed by atoms with van der Waals surface area (Å²) in [7, 11) is 1.63. The molecule has 0 saturated carbocycles. The zero-order chi connectivity index (χ0) is 18.8. The van der Waals surface area contributed by atoms with Crippen LogP contribution in [0.1, 0.15) is 16.1 Å². The summed E-state index contributed by atoms with van der Waals surface area (Å²) in [6, 6.07) is 16.7. The van der Waals surface area contributed by atoms with Gasteiger partial charge >= 0.3 is 0 Å². The summed E-state index contributed by atoms with van der Waals surface area (Å²) in [6.07, 6.45) is 1.95. The van der Waals surface area contributed by atoms with E-state index in [0.717, 1.165) is 17.1 Å². The van der Waals surface area contributed by atoms with Crippen LogP contribution in [-0.4, -0.2) is 22.6 Å². The first kappa shape index (κ1) is 17.2. The van der Waals surface area contributed by atoms with Gasteiger partial charge in [0.05, 0.1) is 13.7 Å². The van der Waals surface area contributed by atoms with Crippen LogP contribution in [0.25, 0.3) is 16.8 Å². The Bertz CT molecular complexity index is 1100. The minimum absolute atomic E-state index is 0.0554. The first-order valence-corrected chi connectivity index (χ1v) is 8.67. The van der Waals surface area contributed by atoms with Gasteiger partial charge in [-0.25, -0.2) is 0 Å². The Kier molecular flexibility index (Phi) is 4.56. The van der Waals surface area contributed by atoms with Crippen molar-refractivity contribution in [3.05, 3.63) is 77.4 Å². The molecule has 0 aliphatic carbocycles. The van der Waals surface area contributed by atoms with Crippen molar-refractivity contribution in [2.24, 2.45) is 0 Å². The molecule has 27 heavy (non-hydrogen) atoms. The predicted octanol–water partition coefficient (Wildman–Crippen LogP) is 4.21. The maximum atomic E-state index is 12.5. The molecule has 7 heteroatoms. The van der Waals surface area contributed by atoms with E-state index in [0.29, 0.717) is 23.2 Å². The molecule has 0 atom stereocenters. The molecule has 1 amide bonds. The summed E-state index contributed by atoms with van der Waals surface area (Å²) in [5.74, 6) is 0.600. The van der Waals surface area contributed by atoms with Gasteiger partial charge in [0.15, 0.2) is 5.58 Å². The van der Waals surface area contributed by atoms with E-state index in [1.165, 1.54) is 0 Å². The van der Waals surface area contributed by atoms with Crippen LogP contribution in [0.2, 0.25) is 5.35 Å². The first-order chi connectivity index (χ1) is 13.1. The molecular weight excluding hydrogens is 366 g/mol. The molecule has 2 heterocycles. The molecule has 0 radical (unpaired) electrons. The monoisotopic (exact) mass is 381 g/mol. The van der Waals surface area contributed by atoms with Gasteiger partial charge in [0.2, 0.25) is 0 Å². The number of hydrogen-bond donors (Lipinski definition) is 1. The molecule has 0 spiro atoms. The van der Waals surface area contributed by atoms with Gasteiger partial charge < -0.3 is 19.0 Å². The second-order valence-electron chi connectivity index (χ2n) is 5.90. The second kappa shape index (κ2) is 7.17. The molecule has 0 unspecified atom stereocenters. The van der Waals surface area contributed by atoms with E-state index in [-0.39, 0.29) is 11.3 Å². The second-order valence-corrected chi connectivity index (χ2v) is 6.22. The lowest BCUT2D eigenvalue weighted by molar-refractivity contribution is 0.0950. The van der Waals surface area contributed by atoms with Crippen LogP contribution in [0.3, 0.4) is 0 Å². The predicted molar refractivity (Wildman–Crippen MR) is 103 cm³/mol. The third-order valence-corrected chi connectivity index (χ3v) is 4.40. The molecule has 4 rings (SSSR count). The molecule has 0 fully saturated rings. The summed E-state index contributed by atoms with van der Waals surface area (Å²) in [4.78, 5) is 16.5. The zero-order valence-electron chi connectivity index (χ0n) is 14.5. The summed E-state index contributed by atoms with van der Waals surface area (Å²) in [5, 5.41) is 2.99. The number of oxazole rings is 1. The smallest absolute Gasteiger partial charge is 0.293 e. The Morgan fingerprint density at radius 1 is 1.22 bits per heavy atom. The minimum Gasteiger partial charge on any atom is -0.497 e. The van der Waals surface area contributed by atoms with Crippen LogP contribution < -0.4 is 10.1 Å². The number of aromatic nitrogens is 2. The van der Waals surface area contributed by atoms with E-state index in [1.807, 2.05) is 47.2 Å². The van der Waals surface area contributed by atoms with Crippen LogP contribution in [0, 0.1) is 0 Å². The highest BCUT2D eigenvalue weighted by Gasteiger charge is 2.11. The molecular formula is C20H16ClN3O3. The molecule has 2 aromatic heterocycles. The number of rotatable bonds is 5. The van der Waals surface area contributed by atoms with E-state index in [4.69, 9.17) is 20.8 Å². The van der Waals surface area contributed by atoms with Gasteiger partial charge in [0.25, 0.3) is 11.3 Å². The largest absolute Gasteiger partial charge is 0.497 e. The van der Waals surface area contributed by atoms with E-state index in [2.05, 4.69) is 10.3 Å². The maximum absolute atomic E-state index is 12.5. The summed E-state index contributed by atoms with van der Waals surface area (Å²) >= 11 is 5.75. The molecule has 0 aliphatic heterocycles. The standard InChI is InChI=1S/C20H16ClN3O3/c1-26-16-7-5-14(6-8-16)24-10-2-3-15(24)12-22-19(25)13-4-9-18-17(11-13)23-20(21)27-18/h2-11H,12H2,1H3,(H,22,25). The van der Waals surface area contributed by atoms with Gasteiger partial charge in [-0.15, -0.1) is 0 Å². The molecule has 0 aliphatic rings. The normalized spacial score (nSPS) is 10.9. The van der Waals surface area contributed by atoms with Crippen molar-refractivity contribution in [2.45, 2.75) is 6.54 Å². The van der Waals surface area contributed by atoms with Crippen molar-refractivity contribution < 1.29 is 13.9 Å². The van der Waals surface area contributed by atoms with Gasteiger partial charge in [-0.2, -0.15) is 4.98 Å². The summed E-state index contributed by atoms with van der Waals surface area (Å²) in [5.41, 5.74) is 3.54. The molecule has 4 aromatic rings. The molecule has 0 saturated heterocycles. The van der Waals surface area contributed by atoms with E-state index in [9.17, 15) is 4.79 Å². The lowest BCUT2D eigenvalue weighted by Gasteiger charge is -2.11. The van der Waals surface area contributed by atoms with Crippen LogP contribution >= 0.6 is 11.6 Å². The Labute approximate surface area is 160 Å². The molecule has 2 aromatic carbocycles. The maximum Gasteiger partial charge on any atom is 0.293 e. The van der Waals surface area contributed by atoms with Gasteiger partial charge in [0, 0.05) is 23.1 Å². The lowest BCUT2D eigenvalue weighted by Crippen LogP contribution is -2.23. The number of amides is 1. The number of nitrogens with zero attached hydrogens (tertiary/aromatic N) is 2. The quantitative estimate of drug-likeness (QED) is 0.562. The van der Waals surface area contributed by atoms with Crippen molar-refractivity contribution in [3.63, 3.8) is 0 Å². The zero-order valence-corrected chi connectivity index (χ0v) is 15.2. The topological polar surface area (TPSA) is 69.3 Å². The van der Waals surface area contributed by atoms with Crippen molar-refractivity contribution in [2.75, 3.05) is 7.11 Å². The number of benzene rings is 2. The fourth-order valence-electron chi connectivity index (χ4n) is 2.87. The number of carbonyl (C=O) groups excluding carboxylic acids is 1. The van der Waals surface area contributed by atoms with Crippen LogP contribution in [0.15, 0.2) is 65.2 Å². The Morgan fingerprint density at radius 2 is 2.04 bits per heavy atom. The van der Waals surface area contributed by atoms with E-state index < -0.39 is 0 Å². The number of hydrogen-bond acceptors (Lipinski definition) is 4. The molecule has 6 nitrogen and oxygen atoms in total. The van der Waals surface area contributed by atoms with Crippen molar-refractivity contribution in [1.82, 2.24) is 14.9 Å². The number of methoxy groups -OCH3 is 1. The third-order valence-electron chi connectivity index (χ3n) is 4.24. The van der Waals surface area contributed by atoms with E-state index in [1.54, 1.807) is 25.3 Å². The van der Waals surface area contributed by atoms with Crippen molar-refractivity contribution in [3.8, 4) is 11.4 Å². The minimum atomic E-state index is -0.196. The molecule has 0 bridgehead atoms. The van der Waals surface area contributed by atoms with Gasteiger partial charge in [0.1, 0.15) is 11.3 Å². The first-order valence-electron chi connectivity index (χ1n) is 8.29. The highest BCUT2D eigenvalue weighted by atomic mass is 35.5. The van der Waals surface area contributed by atoms with E-state index >= 15 is 0 Å². The Morgan fingerprint density at radius 3 is 2.81 bits per heavy atom. The van der Waals surface area contributed by atoms with Crippen molar-refractivity contribution >= 4 is 28.6 Å². The fourth-order valence-corrected chi connectivity index (χ4v) is 3.04. The molecule has 136 valence electrons.